The van der Waals surface area contributed by atoms with Gasteiger partial charge < -0.3 is 19.5 Å². The molecule has 0 bridgehead atoms. The Bertz CT molecular complexity index is 759. The van der Waals surface area contributed by atoms with Crippen LogP contribution in [0.4, 0.5) is 5.69 Å². The Balaban J connectivity index is 1.44. The van der Waals surface area contributed by atoms with Gasteiger partial charge >= 0.3 is 0 Å². The zero-order valence-electron chi connectivity index (χ0n) is 13.3. The lowest BCUT2D eigenvalue weighted by molar-refractivity contribution is -0.116. The monoisotopic (exact) mass is 325 g/mol. The fourth-order valence-corrected chi connectivity index (χ4v) is 3.18. The van der Waals surface area contributed by atoms with Crippen LogP contribution in [0.3, 0.4) is 0 Å². The van der Waals surface area contributed by atoms with Gasteiger partial charge in [0, 0.05) is 18.2 Å². The summed E-state index contributed by atoms with van der Waals surface area (Å²) in [5, 5.41) is 2.95. The van der Waals surface area contributed by atoms with Crippen LogP contribution in [0.25, 0.3) is 0 Å². The molecule has 5 nitrogen and oxygen atoms in total. The van der Waals surface area contributed by atoms with Crippen molar-refractivity contribution in [2.45, 2.75) is 18.8 Å². The van der Waals surface area contributed by atoms with Gasteiger partial charge in [-0.1, -0.05) is 18.2 Å². The minimum atomic E-state index is -0.00613. The van der Waals surface area contributed by atoms with E-state index < -0.39 is 0 Å². The summed E-state index contributed by atoms with van der Waals surface area (Å²) < 4.78 is 16.7. The van der Waals surface area contributed by atoms with E-state index in [1.165, 1.54) is 0 Å². The number of nitrogens with one attached hydrogen (secondary N) is 1. The fraction of sp³-hybridized carbons (Fsp3) is 0.316. The van der Waals surface area contributed by atoms with E-state index >= 15 is 0 Å². The number of fused-ring (bicyclic) bond motifs is 2. The van der Waals surface area contributed by atoms with E-state index in [9.17, 15) is 4.79 Å². The highest BCUT2D eigenvalue weighted by Gasteiger charge is 2.23. The molecule has 1 atom stereocenters. The number of carbonyl (C=O) groups is 1. The molecule has 0 spiro atoms. The van der Waals surface area contributed by atoms with E-state index in [0.29, 0.717) is 32.0 Å². The van der Waals surface area contributed by atoms with Crippen LogP contribution in [0.5, 0.6) is 17.2 Å². The third-order valence-corrected chi connectivity index (χ3v) is 4.34. The molecule has 124 valence electrons. The van der Waals surface area contributed by atoms with Gasteiger partial charge in [-0.15, -0.1) is 0 Å². The second-order valence-electron chi connectivity index (χ2n) is 5.98. The minimum Gasteiger partial charge on any atom is -0.493 e. The molecule has 1 unspecified atom stereocenters. The second kappa shape index (κ2) is 6.43. The molecule has 0 saturated heterocycles. The summed E-state index contributed by atoms with van der Waals surface area (Å²) in [5.41, 5.74) is 1.84. The van der Waals surface area contributed by atoms with Crippen molar-refractivity contribution >= 4 is 11.6 Å². The van der Waals surface area contributed by atoms with Gasteiger partial charge in [0.05, 0.1) is 6.61 Å². The molecular formula is C19H19NO4. The molecule has 0 fully saturated rings. The lowest BCUT2D eigenvalue weighted by Gasteiger charge is -2.25. The molecule has 2 aromatic carbocycles. The number of ether oxygens (including phenoxy) is 3. The lowest BCUT2D eigenvalue weighted by atomic mass is 9.90. The Kier molecular flexibility index (Phi) is 3.99. The molecule has 24 heavy (non-hydrogen) atoms. The van der Waals surface area contributed by atoms with E-state index in [4.69, 9.17) is 14.2 Å². The molecule has 2 heterocycles. The molecule has 1 amide bonds. The summed E-state index contributed by atoms with van der Waals surface area (Å²) in [6.07, 6.45) is 1.29. The number of hydrogen-bond acceptors (Lipinski definition) is 4. The van der Waals surface area contributed by atoms with Crippen molar-refractivity contribution < 1.29 is 19.0 Å². The van der Waals surface area contributed by atoms with Crippen molar-refractivity contribution in [3.63, 3.8) is 0 Å². The third-order valence-electron chi connectivity index (χ3n) is 4.34. The number of anilines is 1. The highest BCUT2D eigenvalue weighted by Crippen LogP contribution is 2.36. The van der Waals surface area contributed by atoms with Crippen LogP contribution in [0, 0.1) is 0 Å². The van der Waals surface area contributed by atoms with Crippen LogP contribution < -0.4 is 19.5 Å². The van der Waals surface area contributed by atoms with Crippen LogP contribution in [0.2, 0.25) is 0 Å². The maximum Gasteiger partial charge on any atom is 0.224 e. The summed E-state index contributed by atoms with van der Waals surface area (Å²) in [4.78, 5) is 12.4. The number of para-hydroxylation sites is 1. The lowest BCUT2D eigenvalue weighted by Crippen LogP contribution is -2.21. The molecule has 0 aromatic heterocycles. The largest absolute Gasteiger partial charge is 0.493 e. The van der Waals surface area contributed by atoms with E-state index in [1.54, 1.807) is 0 Å². The van der Waals surface area contributed by atoms with Crippen LogP contribution in [-0.2, 0) is 4.79 Å². The third kappa shape index (κ3) is 3.02. The summed E-state index contributed by atoms with van der Waals surface area (Å²) in [6, 6.07) is 13.4. The normalized spacial score (nSPS) is 18.2. The van der Waals surface area contributed by atoms with Gasteiger partial charge in [-0.05, 0) is 36.1 Å². The number of amides is 1. The van der Waals surface area contributed by atoms with Gasteiger partial charge in [0.25, 0.3) is 0 Å². The summed E-state index contributed by atoms with van der Waals surface area (Å²) in [5.74, 6) is 2.47. The topological polar surface area (TPSA) is 56.8 Å². The van der Waals surface area contributed by atoms with E-state index in [1.807, 2.05) is 42.5 Å². The van der Waals surface area contributed by atoms with Crippen molar-refractivity contribution in [3.8, 4) is 17.2 Å². The maximum absolute atomic E-state index is 12.4. The number of carbonyl (C=O) groups excluding carboxylic acids is 1. The predicted molar refractivity (Wildman–Crippen MR) is 90.0 cm³/mol. The van der Waals surface area contributed by atoms with Crippen molar-refractivity contribution in [2.24, 2.45) is 0 Å². The van der Waals surface area contributed by atoms with Crippen molar-refractivity contribution in [3.05, 3.63) is 48.0 Å². The summed E-state index contributed by atoms with van der Waals surface area (Å²) in [6.45, 7) is 1.74. The molecule has 0 radical (unpaired) electrons. The van der Waals surface area contributed by atoms with Crippen molar-refractivity contribution in [1.82, 2.24) is 0 Å². The Hall–Kier alpha value is -2.69. The van der Waals surface area contributed by atoms with Crippen molar-refractivity contribution in [1.29, 1.82) is 0 Å². The van der Waals surface area contributed by atoms with Gasteiger partial charge in [0.2, 0.25) is 5.91 Å². The first-order valence-electron chi connectivity index (χ1n) is 8.21. The SMILES string of the molecule is O=C(CC1CCOc2ccccc21)Nc1ccc2c(c1)OCCO2. The fourth-order valence-electron chi connectivity index (χ4n) is 3.18. The second-order valence-corrected chi connectivity index (χ2v) is 5.98. The quantitative estimate of drug-likeness (QED) is 0.940. The predicted octanol–water partition coefficient (Wildman–Crippen LogP) is 3.35. The van der Waals surface area contributed by atoms with E-state index in [2.05, 4.69) is 5.32 Å². The van der Waals surface area contributed by atoms with Gasteiger partial charge in [-0.25, -0.2) is 0 Å². The molecular weight excluding hydrogens is 306 g/mol. The molecule has 0 aliphatic carbocycles. The van der Waals surface area contributed by atoms with Crippen LogP contribution in [0.15, 0.2) is 42.5 Å². The van der Waals surface area contributed by atoms with Gasteiger partial charge in [0.1, 0.15) is 19.0 Å². The standard InChI is InChI=1S/C19H19NO4/c21-19(11-13-7-8-22-16-4-2-1-3-15(13)16)20-14-5-6-17-18(12-14)24-10-9-23-17/h1-6,12-13H,7-11H2,(H,20,21). The highest BCUT2D eigenvalue weighted by molar-refractivity contribution is 5.91. The van der Waals surface area contributed by atoms with Gasteiger partial charge in [-0.2, -0.15) is 0 Å². The van der Waals surface area contributed by atoms with Gasteiger partial charge in [-0.3, -0.25) is 4.79 Å². The van der Waals surface area contributed by atoms with Gasteiger partial charge in [0.15, 0.2) is 11.5 Å². The molecule has 0 saturated carbocycles. The summed E-state index contributed by atoms with van der Waals surface area (Å²) in [7, 11) is 0. The maximum atomic E-state index is 12.4. The van der Waals surface area contributed by atoms with Crippen LogP contribution in [0.1, 0.15) is 24.3 Å². The summed E-state index contributed by atoms with van der Waals surface area (Å²) >= 11 is 0. The minimum absolute atomic E-state index is 0.00613. The first-order chi connectivity index (χ1) is 11.8. The van der Waals surface area contributed by atoms with E-state index in [0.717, 1.165) is 29.2 Å². The smallest absolute Gasteiger partial charge is 0.224 e. The molecule has 4 rings (SSSR count). The first-order valence-corrected chi connectivity index (χ1v) is 8.21. The number of rotatable bonds is 3. The van der Waals surface area contributed by atoms with Crippen LogP contribution >= 0.6 is 0 Å². The van der Waals surface area contributed by atoms with Crippen LogP contribution in [-0.4, -0.2) is 25.7 Å². The van der Waals surface area contributed by atoms with E-state index in [-0.39, 0.29) is 11.8 Å². The molecule has 5 heteroatoms. The Morgan fingerprint density at radius 1 is 0.958 bits per heavy atom. The number of benzene rings is 2. The molecule has 2 aliphatic rings. The average Bonchev–Trinajstić information content (AvgIpc) is 2.62. The highest BCUT2D eigenvalue weighted by atomic mass is 16.6. The Morgan fingerprint density at radius 2 is 1.75 bits per heavy atom. The zero-order chi connectivity index (χ0) is 16.4. The Labute approximate surface area is 140 Å². The first kappa shape index (κ1) is 14.9. The zero-order valence-corrected chi connectivity index (χ0v) is 13.3. The molecule has 1 N–H and O–H groups in total. The Morgan fingerprint density at radius 3 is 2.67 bits per heavy atom. The molecule has 2 aliphatic heterocycles. The van der Waals surface area contributed by atoms with Crippen molar-refractivity contribution in [2.75, 3.05) is 25.1 Å². The average molecular weight is 325 g/mol. The number of hydrogen-bond donors (Lipinski definition) is 1. The molecule has 2 aromatic rings.